The molecule has 0 spiro atoms. The quantitative estimate of drug-likeness (QED) is 0.773. The second-order valence-corrected chi connectivity index (χ2v) is 7.98. The van der Waals surface area contributed by atoms with Crippen molar-refractivity contribution < 1.29 is 14.0 Å². The number of anilines is 2. The first-order valence-corrected chi connectivity index (χ1v) is 9.96. The summed E-state index contributed by atoms with van der Waals surface area (Å²) in [6.07, 6.45) is 2.47. The maximum atomic E-state index is 13.4. The van der Waals surface area contributed by atoms with Gasteiger partial charge < -0.3 is 10.2 Å². The Balaban J connectivity index is 1.65. The number of carbonyl (C=O) groups excluding carboxylic acids is 2. The van der Waals surface area contributed by atoms with Crippen LogP contribution in [0.4, 0.5) is 21.5 Å². The zero-order chi connectivity index (χ0) is 20.7. The van der Waals surface area contributed by atoms with Crippen molar-refractivity contribution in [2.24, 2.45) is 10.9 Å². The summed E-state index contributed by atoms with van der Waals surface area (Å²) in [6.45, 7) is 3.82. The van der Waals surface area contributed by atoms with Gasteiger partial charge in [0.25, 0.3) is 0 Å². The SMILES string of the molecule is Cc1cc2c(cc1C)N(CC(=O)Nc1ccc(F)c(Cl)c1)C(=O)[C@H]1CCCC1=N2. The van der Waals surface area contributed by atoms with Gasteiger partial charge in [-0.1, -0.05) is 11.6 Å². The van der Waals surface area contributed by atoms with Crippen molar-refractivity contribution in [3.63, 3.8) is 0 Å². The Bertz CT molecular complexity index is 1050. The van der Waals surface area contributed by atoms with E-state index in [1.165, 1.54) is 23.1 Å². The average molecular weight is 414 g/mol. The lowest BCUT2D eigenvalue weighted by atomic mass is 10.0. The molecule has 7 heteroatoms. The number of aliphatic imine (C=N–C) groups is 1. The molecule has 2 aromatic rings. The van der Waals surface area contributed by atoms with Crippen molar-refractivity contribution in [1.29, 1.82) is 0 Å². The fraction of sp³-hybridized carbons (Fsp3) is 0.318. The van der Waals surface area contributed by atoms with E-state index in [9.17, 15) is 14.0 Å². The number of carbonyl (C=O) groups is 2. The molecule has 0 saturated heterocycles. The van der Waals surface area contributed by atoms with Crippen molar-refractivity contribution in [1.82, 2.24) is 0 Å². The largest absolute Gasteiger partial charge is 0.324 e. The summed E-state index contributed by atoms with van der Waals surface area (Å²) in [4.78, 5) is 32.3. The van der Waals surface area contributed by atoms with E-state index in [0.717, 1.165) is 41.8 Å². The topological polar surface area (TPSA) is 61.8 Å². The van der Waals surface area contributed by atoms with Gasteiger partial charge in [0.1, 0.15) is 12.4 Å². The Labute approximate surface area is 173 Å². The minimum absolute atomic E-state index is 0.0749. The maximum absolute atomic E-state index is 13.4. The summed E-state index contributed by atoms with van der Waals surface area (Å²) in [7, 11) is 0. The minimum atomic E-state index is -0.557. The van der Waals surface area contributed by atoms with Crippen molar-refractivity contribution in [2.45, 2.75) is 33.1 Å². The van der Waals surface area contributed by atoms with Crippen molar-refractivity contribution >= 4 is 46.2 Å². The van der Waals surface area contributed by atoms with Crippen LogP contribution in [0.25, 0.3) is 0 Å². The molecule has 1 N–H and O–H groups in total. The van der Waals surface area contributed by atoms with E-state index in [1.54, 1.807) is 0 Å². The molecule has 0 aromatic heterocycles. The molecule has 1 fully saturated rings. The Morgan fingerprint density at radius 3 is 2.79 bits per heavy atom. The Hall–Kier alpha value is -2.73. The third kappa shape index (κ3) is 3.77. The molecule has 1 saturated carbocycles. The lowest BCUT2D eigenvalue weighted by Crippen LogP contribution is -2.42. The smallest absolute Gasteiger partial charge is 0.244 e. The van der Waals surface area contributed by atoms with Crippen LogP contribution in [-0.4, -0.2) is 24.1 Å². The highest BCUT2D eigenvalue weighted by molar-refractivity contribution is 6.31. The van der Waals surface area contributed by atoms with Crippen molar-refractivity contribution in [3.05, 3.63) is 52.3 Å². The summed E-state index contributed by atoms with van der Waals surface area (Å²) in [5.41, 5.74) is 4.75. The van der Waals surface area contributed by atoms with E-state index >= 15 is 0 Å². The van der Waals surface area contributed by atoms with Gasteiger partial charge in [-0.05, 0) is 74.6 Å². The van der Waals surface area contributed by atoms with Gasteiger partial charge in [0.2, 0.25) is 11.8 Å². The van der Waals surface area contributed by atoms with Crippen LogP contribution < -0.4 is 10.2 Å². The lowest BCUT2D eigenvalue weighted by molar-refractivity contribution is -0.122. The Morgan fingerprint density at radius 1 is 1.28 bits per heavy atom. The molecule has 150 valence electrons. The zero-order valence-electron chi connectivity index (χ0n) is 16.3. The predicted molar refractivity (Wildman–Crippen MR) is 113 cm³/mol. The molecule has 5 nitrogen and oxygen atoms in total. The van der Waals surface area contributed by atoms with Crippen LogP contribution in [0.15, 0.2) is 35.3 Å². The number of hydrogen-bond donors (Lipinski definition) is 1. The second kappa shape index (κ2) is 7.59. The van der Waals surface area contributed by atoms with Gasteiger partial charge in [0.05, 0.1) is 22.3 Å². The minimum Gasteiger partial charge on any atom is -0.324 e. The molecule has 4 rings (SSSR count). The van der Waals surface area contributed by atoms with Gasteiger partial charge in [-0.25, -0.2) is 4.39 Å². The fourth-order valence-electron chi connectivity index (χ4n) is 3.86. The van der Waals surface area contributed by atoms with Gasteiger partial charge in [-0.15, -0.1) is 0 Å². The molecule has 1 aliphatic carbocycles. The number of aryl methyl sites for hydroxylation is 2. The van der Waals surface area contributed by atoms with Crippen LogP contribution in [0.1, 0.15) is 30.4 Å². The Morgan fingerprint density at radius 2 is 2.03 bits per heavy atom. The third-order valence-electron chi connectivity index (χ3n) is 5.54. The van der Waals surface area contributed by atoms with Crippen LogP contribution in [0.3, 0.4) is 0 Å². The number of rotatable bonds is 3. The highest BCUT2D eigenvalue weighted by Crippen LogP contribution is 2.39. The van der Waals surface area contributed by atoms with Crippen LogP contribution in [0.2, 0.25) is 5.02 Å². The predicted octanol–water partition coefficient (Wildman–Crippen LogP) is 4.95. The van der Waals surface area contributed by atoms with E-state index in [0.29, 0.717) is 11.4 Å². The molecular formula is C22H21ClFN3O2. The van der Waals surface area contributed by atoms with Crippen LogP contribution in [-0.2, 0) is 9.59 Å². The number of nitrogens with one attached hydrogen (secondary N) is 1. The van der Waals surface area contributed by atoms with E-state index in [2.05, 4.69) is 5.32 Å². The fourth-order valence-corrected chi connectivity index (χ4v) is 4.04. The summed E-state index contributed by atoms with van der Waals surface area (Å²) >= 11 is 5.79. The molecule has 2 amide bonds. The van der Waals surface area contributed by atoms with E-state index in [1.807, 2.05) is 26.0 Å². The molecule has 1 atom stereocenters. The summed E-state index contributed by atoms with van der Waals surface area (Å²) in [5.74, 6) is -1.32. The summed E-state index contributed by atoms with van der Waals surface area (Å²) in [6, 6.07) is 7.85. The van der Waals surface area contributed by atoms with E-state index < -0.39 is 5.82 Å². The van der Waals surface area contributed by atoms with Crippen molar-refractivity contribution in [3.8, 4) is 0 Å². The molecule has 2 aliphatic rings. The van der Waals surface area contributed by atoms with Crippen LogP contribution >= 0.6 is 11.6 Å². The highest BCUT2D eigenvalue weighted by atomic mass is 35.5. The maximum Gasteiger partial charge on any atom is 0.244 e. The normalized spacial score (nSPS) is 18.1. The van der Waals surface area contributed by atoms with Crippen LogP contribution in [0, 0.1) is 25.6 Å². The Kier molecular flexibility index (Phi) is 5.13. The third-order valence-corrected chi connectivity index (χ3v) is 5.83. The van der Waals surface area contributed by atoms with Gasteiger partial charge in [-0.2, -0.15) is 0 Å². The second-order valence-electron chi connectivity index (χ2n) is 7.57. The molecule has 0 bridgehead atoms. The number of fused-ring (bicyclic) bond motifs is 2. The van der Waals surface area contributed by atoms with E-state index in [-0.39, 0.29) is 29.3 Å². The monoisotopic (exact) mass is 413 g/mol. The zero-order valence-corrected chi connectivity index (χ0v) is 17.0. The first-order chi connectivity index (χ1) is 13.8. The van der Waals surface area contributed by atoms with Crippen molar-refractivity contribution in [2.75, 3.05) is 16.8 Å². The highest BCUT2D eigenvalue weighted by Gasteiger charge is 2.37. The molecular weight excluding hydrogens is 393 g/mol. The summed E-state index contributed by atoms with van der Waals surface area (Å²) < 4.78 is 13.4. The standard InChI is InChI=1S/C22H21ClFN3O2/c1-12-8-19-20(9-13(12)2)27(22(29)15-4-3-5-18(15)26-19)11-21(28)25-14-6-7-17(24)16(23)10-14/h6-10,15H,3-5,11H2,1-2H3,(H,25,28)/t15-/m0/s1. The number of amides is 2. The van der Waals surface area contributed by atoms with Gasteiger partial charge in [0, 0.05) is 11.4 Å². The van der Waals surface area contributed by atoms with Gasteiger partial charge >= 0.3 is 0 Å². The van der Waals surface area contributed by atoms with Gasteiger partial charge in [-0.3, -0.25) is 14.6 Å². The number of halogens is 2. The number of nitrogens with zero attached hydrogens (tertiary/aromatic N) is 2. The first-order valence-electron chi connectivity index (χ1n) is 9.58. The lowest BCUT2D eigenvalue weighted by Gasteiger charge is -2.25. The average Bonchev–Trinajstić information content (AvgIpc) is 3.10. The molecule has 29 heavy (non-hydrogen) atoms. The molecule has 1 heterocycles. The molecule has 2 aromatic carbocycles. The summed E-state index contributed by atoms with van der Waals surface area (Å²) in [5, 5.41) is 2.62. The molecule has 1 aliphatic heterocycles. The number of hydrogen-bond acceptors (Lipinski definition) is 3. The van der Waals surface area contributed by atoms with E-state index in [4.69, 9.17) is 16.6 Å². The van der Waals surface area contributed by atoms with Crippen LogP contribution in [0.5, 0.6) is 0 Å². The molecule has 0 radical (unpaired) electrons. The van der Waals surface area contributed by atoms with Gasteiger partial charge in [0.15, 0.2) is 0 Å². The first kappa shape index (κ1) is 19.6. The molecule has 0 unspecified atom stereocenters. The number of benzene rings is 2.